The van der Waals surface area contributed by atoms with E-state index in [0.29, 0.717) is 41.0 Å². The standard InChI is InChI=1S/C23H21F3N6O/c1-13-7-15-8-16(10-30-21(15)31-20(13)28)22(33)32(19-4-2-3-14(19)9-27)12-18-6-5-17(11-29-18)23(24,25)26/h5-8,10-11,14,19H,2-4,12H2,1H3,(H2,28,30,31). The van der Waals surface area contributed by atoms with E-state index in [1.54, 1.807) is 19.1 Å². The van der Waals surface area contributed by atoms with E-state index in [-0.39, 0.29) is 24.4 Å². The van der Waals surface area contributed by atoms with Crippen LogP contribution in [0.4, 0.5) is 19.0 Å². The molecule has 4 rings (SSSR count). The maximum atomic E-state index is 13.5. The number of carbonyl (C=O) groups excluding carboxylic acids is 1. The second-order valence-corrected chi connectivity index (χ2v) is 8.16. The van der Waals surface area contributed by atoms with Crippen LogP contribution in [0.5, 0.6) is 0 Å². The van der Waals surface area contributed by atoms with Crippen LogP contribution in [0.2, 0.25) is 0 Å². The molecule has 2 atom stereocenters. The van der Waals surface area contributed by atoms with E-state index in [2.05, 4.69) is 21.0 Å². The lowest BCUT2D eigenvalue weighted by Gasteiger charge is -2.31. The smallest absolute Gasteiger partial charge is 0.383 e. The number of aryl methyl sites for hydroxylation is 1. The number of nitrogen functional groups attached to an aromatic ring is 1. The van der Waals surface area contributed by atoms with Gasteiger partial charge >= 0.3 is 6.18 Å². The fourth-order valence-corrected chi connectivity index (χ4v) is 4.13. The van der Waals surface area contributed by atoms with Crippen molar-refractivity contribution in [3.63, 3.8) is 0 Å². The molecule has 1 aliphatic carbocycles. The van der Waals surface area contributed by atoms with Crippen LogP contribution in [-0.4, -0.2) is 31.8 Å². The van der Waals surface area contributed by atoms with E-state index in [0.717, 1.165) is 24.2 Å². The van der Waals surface area contributed by atoms with Crippen molar-refractivity contribution in [2.45, 2.75) is 44.9 Å². The number of anilines is 1. The summed E-state index contributed by atoms with van der Waals surface area (Å²) < 4.78 is 38.7. The minimum absolute atomic E-state index is 0.0170. The Kier molecular flexibility index (Phi) is 5.89. The van der Waals surface area contributed by atoms with Crippen molar-refractivity contribution in [2.75, 3.05) is 5.73 Å². The Morgan fingerprint density at radius 2 is 2.03 bits per heavy atom. The predicted octanol–water partition coefficient (Wildman–Crippen LogP) is 4.27. The van der Waals surface area contributed by atoms with Crippen LogP contribution in [0.3, 0.4) is 0 Å². The third-order valence-corrected chi connectivity index (χ3v) is 5.94. The van der Waals surface area contributed by atoms with Crippen molar-refractivity contribution in [3.05, 3.63) is 59.0 Å². The zero-order valence-electron chi connectivity index (χ0n) is 17.8. The van der Waals surface area contributed by atoms with Crippen molar-refractivity contribution in [3.8, 4) is 6.07 Å². The van der Waals surface area contributed by atoms with Gasteiger partial charge in [-0.1, -0.05) is 0 Å². The number of fused-ring (bicyclic) bond motifs is 1. The minimum Gasteiger partial charge on any atom is -0.383 e. The molecule has 7 nitrogen and oxygen atoms in total. The Morgan fingerprint density at radius 3 is 2.70 bits per heavy atom. The van der Waals surface area contributed by atoms with Crippen LogP contribution in [0.25, 0.3) is 11.0 Å². The maximum absolute atomic E-state index is 13.5. The van der Waals surface area contributed by atoms with Crippen molar-refractivity contribution in [1.82, 2.24) is 19.9 Å². The van der Waals surface area contributed by atoms with E-state index < -0.39 is 11.7 Å². The van der Waals surface area contributed by atoms with E-state index in [9.17, 15) is 23.2 Å². The number of aromatic nitrogens is 3. The monoisotopic (exact) mass is 454 g/mol. The Hall–Kier alpha value is -3.74. The predicted molar refractivity (Wildman–Crippen MR) is 115 cm³/mol. The molecule has 1 amide bonds. The number of amides is 1. The molecule has 0 radical (unpaired) electrons. The van der Waals surface area contributed by atoms with E-state index in [1.807, 2.05) is 0 Å². The quantitative estimate of drug-likeness (QED) is 0.631. The lowest BCUT2D eigenvalue weighted by atomic mass is 10.0. The van der Waals surface area contributed by atoms with Crippen LogP contribution in [0.1, 0.15) is 46.4 Å². The number of halogens is 3. The highest BCUT2D eigenvalue weighted by Gasteiger charge is 2.36. The SMILES string of the molecule is Cc1cc2cc(C(=O)N(Cc3ccc(C(F)(F)F)cn3)C3CCCC3C#N)cnc2nc1N. The summed E-state index contributed by atoms with van der Waals surface area (Å²) in [5.41, 5.74) is 6.73. The highest BCUT2D eigenvalue weighted by Crippen LogP contribution is 2.32. The number of hydrogen-bond donors (Lipinski definition) is 1. The molecule has 3 heterocycles. The van der Waals surface area contributed by atoms with Gasteiger partial charge in [0.05, 0.1) is 35.4 Å². The van der Waals surface area contributed by atoms with Gasteiger partial charge in [-0.15, -0.1) is 0 Å². The van der Waals surface area contributed by atoms with Crippen LogP contribution < -0.4 is 5.73 Å². The van der Waals surface area contributed by atoms with Crippen LogP contribution in [-0.2, 0) is 12.7 Å². The van der Waals surface area contributed by atoms with Crippen LogP contribution in [0.15, 0.2) is 36.7 Å². The summed E-state index contributed by atoms with van der Waals surface area (Å²) in [5, 5.41) is 10.2. The Labute approximate surface area is 188 Å². The Morgan fingerprint density at radius 1 is 1.24 bits per heavy atom. The summed E-state index contributed by atoms with van der Waals surface area (Å²) in [6, 6.07) is 7.54. The molecule has 10 heteroatoms. The zero-order chi connectivity index (χ0) is 23.8. The summed E-state index contributed by atoms with van der Waals surface area (Å²) in [4.78, 5) is 27.5. The van der Waals surface area contributed by atoms with Gasteiger partial charge in [-0.3, -0.25) is 9.78 Å². The molecule has 1 saturated carbocycles. The molecule has 1 fully saturated rings. The molecule has 0 bridgehead atoms. The summed E-state index contributed by atoms with van der Waals surface area (Å²) in [6.07, 6.45) is -0.274. The van der Waals surface area contributed by atoms with Gasteiger partial charge < -0.3 is 10.6 Å². The highest BCUT2D eigenvalue weighted by atomic mass is 19.4. The molecule has 1 aliphatic rings. The molecule has 170 valence electrons. The molecule has 0 aliphatic heterocycles. The zero-order valence-corrected chi connectivity index (χ0v) is 17.8. The topological polar surface area (TPSA) is 109 Å². The van der Waals surface area contributed by atoms with Crippen molar-refractivity contribution in [2.24, 2.45) is 5.92 Å². The van der Waals surface area contributed by atoms with E-state index in [1.165, 1.54) is 17.2 Å². The molecule has 3 aromatic heterocycles. The molecule has 0 spiro atoms. The van der Waals surface area contributed by atoms with Crippen LogP contribution >= 0.6 is 0 Å². The lowest BCUT2D eigenvalue weighted by molar-refractivity contribution is -0.137. The number of carbonyl (C=O) groups is 1. The largest absolute Gasteiger partial charge is 0.417 e. The first-order chi connectivity index (χ1) is 15.7. The fourth-order valence-electron chi connectivity index (χ4n) is 4.13. The summed E-state index contributed by atoms with van der Waals surface area (Å²) in [5.74, 6) is -0.375. The highest BCUT2D eigenvalue weighted by molar-refractivity contribution is 5.97. The van der Waals surface area contributed by atoms with Gasteiger partial charge in [0.25, 0.3) is 5.91 Å². The summed E-state index contributed by atoms with van der Waals surface area (Å²) in [6.45, 7) is 1.78. The van der Waals surface area contributed by atoms with E-state index in [4.69, 9.17) is 5.73 Å². The number of hydrogen-bond acceptors (Lipinski definition) is 6. The third-order valence-electron chi connectivity index (χ3n) is 5.94. The first-order valence-corrected chi connectivity index (χ1v) is 10.4. The van der Waals surface area contributed by atoms with Gasteiger partial charge in [-0.25, -0.2) is 9.97 Å². The molecule has 2 unspecified atom stereocenters. The Bertz CT molecular complexity index is 1240. The van der Waals surface area contributed by atoms with Gasteiger partial charge in [-0.05, 0) is 56.0 Å². The van der Waals surface area contributed by atoms with Gasteiger partial charge in [-0.2, -0.15) is 18.4 Å². The van der Waals surface area contributed by atoms with Gasteiger partial charge in [0, 0.05) is 23.8 Å². The lowest BCUT2D eigenvalue weighted by Crippen LogP contribution is -2.42. The molecule has 0 aromatic carbocycles. The molecule has 2 N–H and O–H groups in total. The minimum atomic E-state index is -4.50. The number of nitrogens with zero attached hydrogens (tertiary/aromatic N) is 5. The van der Waals surface area contributed by atoms with Gasteiger partial charge in [0.15, 0.2) is 5.65 Å². The second kappa shape index (κ2) is 8.65. The molecular formula is C23H21F3N6O. The molecule has 33 heavy (non-hydrogen) atoms. The summed E-state index contributed by atoms with van der Waals surface area (Å²) >= 11 is 0. The fraction of sp³-hybridized carbons (Fsp3) is 0.348. The van der Waals surface area contributed by atoms with Crippen molar-refractivity contribution in [1.29, 1.82) is 5.26 Å². The number of nitrogens with two attached hydrogens (primary N) is 1. The van der Waals surface area contributed by atoms with Crippen molar-refractivity contribution >= 4 is 22.8 Å². The summed E-state index contributed by atoms with van der Waals surface area (Å²) in [7, 11) is 0. The second-order valence-electron chi connectivity index (χ2n) is 8.16. The van der Waals surface area contributed by atoms with Crippen LogP contribution in [0, 0.1) is 24.2 Å². The molecule has 0 saturated heterocycles. The first kappa shape index (κ1) is 22.5. The number of alkyl halides is 3. The first-order valence-electron chi connectivity index (χ1n) is 10.4. The average molecular weight is 454 g/mol. The average Bonchev–Trinajstić information content (AvgIpc) is 3.26. The number of pyridine rings is 3. The van der Waals surface area contributed by atoms with E-state index >= 15 is 0 Å². The van der Waals surface area contributed by atoms with Gasteiger partial charge in [0.2, 0.25) is 0 Å². The number of nitriles is 1. The maximum Gasteiger partial charge on any atom is 0.417 e. The molecular weight excluding hydrogens is 433 g/mol. The van der Waals surface area contributed by atoms with Crippen molar-refractivity contribution < 1.29 is 18.0 Å². The molecule has 3 aromatic rings. The van der Waals surface area contributed by atoms with Gasteiger partial charge in [0.1, 0.15) is 5.82 Å². The third kappa shape index (κ3) is 4.58. The number of rotatable bonds is 4. The Balaban J connectivity index is 1.69. The normalized spacial score (nSPS) is 18.3.